The summed E-state index contributed by atoms with van der Waals surface area (Å²) in [5.41, 5.74) is 1.25. The lowest BCUT2D eigenvalue weighted by Gasteiger charge is -2.05. The molecule has 2 saturated carbocycles. The molecule has 2 amide bonds. The first kappa shape index (κ1) is 16.6. The Labute approximate surface area is 152 Å². The van der Waals surface area contributed by atoms with Crippen molar-refractivity contribution in [1.29, 1.82) is 0 Å². The average molecular weight is 350 g/mol. The molecule has 26 heavy (non-hydrogen) atoms. The van der Waals surface area contributed by atoms with E-state index in [0.717, 1.165) is 18.6 Å². The van der Waals surface area contributed by atoms with Crippen molar-refractivity contribution in [3.63, 3.8) is 0 Å². The summed E-state index contributed by atoms with van der Waals surface area (Å²) >= 11 is 0. The fraction of sp³-hybridized carbons (Fsp3) is 0.333. The number of furan rings is 1. The summed E-state index contributed by atoms with van der Waals surface area (Å²) in [4.78, 5) is 24.0. The lowest BCUT2D eigenvalue weighted by atomic mass is 10.2. The molecular formula is C21H22N2O3. The second-order valence-electron chi connectivity index (χ2n) is 7.21. The molecule has 0 spiro atoms. The molecule has 134 valence electrons. The van der Waals surface area contributed by atoms with Crippen molar-refractivity contribution >= 4 is 23.6 Å². The minimum atomic E-state index is -0.238. The number of rotatable bonds is 6. The zero-order valence-corrected chi connectivity index (χ0v) is 14.7. The minimum absolute atomic E-state index is 0.0659. The first-order valence-corrected chi connectivity index (χ1v) is 9.08. The van der Waals surface area contributed by atoms with Gasteiger partial charge in [0.1, 0.15) is 11.5 Å². The molecule has 1 aromatic heterocycles. The number of carbonyl (C=O) groups excluding carboxylic acids is 2. The van der Waals surface area contributed by atoms with Crippen molar-refractivity contribution < 1.29 is 14.0 Å². The van der Waals surface area contributed by atoms with E-state index in [9.17, 15) is 9.59 Å². The smallest absolute Gasteiger partial charge is 0.251 e. The van der Waals surface area contributed by atoms with Gasteiger partial charge < -0.3 is 15.1 Å². The van der Waals surface area contributed by atoms with E-state index < -0.39 is 0 Å². The average Bonchev–Trinajstić information content (AvgIpc) is 3.54. The Morgan fingerprint density at radius 1 is 1.12 bits per heavy atom. The van der Waals surface area contributed by atoms with Crippen LogP contribution in [0.2, 0.25) is 0 Å². The third-order valence-electron chi connectivity index (χ3n) is 4.85. The highest BCUT2D eigenvalue weighted by molar-refractivity contribution is 6.02. The Hall–Kier alpha value is -2.82. The summed E-state index contributed by atoms with van der Waals surface area (Å²) in [5.74, 6) is 2.60. The van der Waals surface area contributed by atoms with E-state index >= 15 is 0 Å². The van der Waals surface area contributed by atoms with Crippen LogP contribution >= 0.6 is 0 Å². The monoisotopic (exact) mass is 350 g/mol. The van der Waals surface area contributed by atoms with E-state index in [4.69, 9.17) is 4.42 Å². The van der Waals surface area contributed by atoms with Crippen LogP contribution in [0, 0.1) is 5.92 Å². The summed E-state index contributed by atoms with van der Waals surface area (Å²) in [7, 11) is 0. The third kappa shape index (κ3) is 4.04. The maximum absolute atomic E-state index is 12.0. The summed E-state index contributed by atoms with van der Waals surface area (Å²) in [6.45, 7) is 2.21. The van der Waals surface area contributed by atoms with Gasteiger partial charge in [0.15, 0.2) is 0 Å². The molecule has 4 rings (SSSR count). The fourth-order valence-electron chi connectivity index (χ4n) is 2.92. The number of carbonyl (C=O) groups is 2. The number of amides is 2. The molecule has 2 aliphatic carbocycles. The highest BCUT2D eigenvalue weighted by atomic mass is 16.3. The minimum Gasteiger partial charge on any atom is -0.461 e. The van der Waals surface area contributed by atoms with Gasteiger partial charge in [-0.25, -0.2) is 0 Å². The SMILES string of the molecule is CC1CC1c1ccc(/C=C/C(=O)Nc2ccc(C(=O)NC3CC3)cc2)o1. The van der Waals surface area contributed by atoms with Crippen LogP contribution in [0.25, 0.3) is 6.08 Å². The van der Waals surface area contributed by atoms with Gasteiger partial charge in [0.05, 0.1) is 0 Å². The van der Waals surface area contributed by atoms with Gasteiger partial charge in [0.2, 0.25) is 5.91 Å². The van der Waals surface area contributed by atoms with Gasteiger partial charge in [-0.2, -0.15) is 0 Å². The highest BCUT2D eigenvalue weighted by Crippen LogP contribution is 2.47. The molecular weight excluding hydrogens is 328 g/mol. The quantitative estimate of drug-likeness (QED) is 0.775. The fourth-order valence-corrected chi connectivity index (χ4v) is 2.92. The van der Waals surface area contributed by atoms with E-state index in [2.05, 4.69) is 17.6 Å². The van der Waals surface area contributed by atoms with Crippen molar-refractivity contribution in [1.82, 2.24) is 5.32 Å². The molecule has 2 aliphatic rings. The topological polar surface area (TPSA) is 71.3 Å². The van der Waals surface area contributed by atoms with Crippen LogP contribution in [0.1, 0.15) is 54.0 Å². The predicted molar refractivity (Wildman–Crippen MR) is 99.8 cm³/mol. The van der Waals surface area contributed by atoms with Crippen molar-refractivity contribution in [3.05, 3.63) is 59.6 Å². The number of nitrogens with one attached hydrogen (secondary N) is 2. The number of hydrogen-bond donors (Lipinski definition) is 2. The molecule has 1 heterocycles. The molecule has 2 atom stereocenters. The lowest BCUT2D eigenvalue weighted by molar-refractivity contribution is -0.111. The Morgan fingerprint density at radius 3 is 2.50 bits per heavy atom. The predicted octanol–water partition coefficient (Wildman–Crippen LogP) is 3.95. The molecule has 5 heteroatoms. The second kappa shape index (κ2) is 6.83. The van der Waals surface area contributed by atoms with Crippen LogP contribution in [-0.2, 0) is 4.79 Å². The molecule has 5 nitrogen and oxygen atoms in total. The zero-order chi connectivity index (χ0) is 18.1. The van der Waals surface area contributed by atoms with E-state index in [1.54, 1.807) is 30.3 Å². The molecule has 2 aromatic rings. The molecule has 0 saturated heterocycles. The van der Waals surface area contributed by atoms with Crippen molar-refractivity contribution in [2.45, 2.75) is 38.1 Å². The number of hydrogen-bond acceptors (Lipinski definition) is 3. The Bertz CT molecular complexity index is 846. The van der Waals surface area contributed by atoms with Gasteiger partial charge >= 0.3 is 0 Å². The zero-order valence-electron chi connectivity index (χ0n) is 14.7. The molecule has 2 fully saturated rings. The van der Waals surface area contributed by atoms with Crippen LogP contribution in [-0.4, -0.2) is 17.9 Å². The van der Waals surface area contributed by atoms with Crippen LogP contribution in [0.3, 0.4) is 0 Å². The Kier molecular flexibility index (Phi) is 4.37. The van der Waals surface area contributed by atoms with Gasteiger partial charge in [0.25, 0.3) is 5.91 Å². The Morgan fingerprint density at radius 2 is 1.85 bits per heavy atom. The normalized spacial score (nSPS) is 21.6. The van der Waals surface area contributed by atoms with Gasteiger partial charge in [-0.1, -0.05) is 6.92 Å². The largest absolute Gasteiger partial charge is 0.461 e. The summed E-state index contributed by atoms with van der Waals surface area (Å²) in [6.07, 6.45) is 6.41. The van der Waals surface area contributed by atoms with E-state index in [1.165, 1.54) is 12.5 Å². The van der Waals surface area contributed by atoms with Crippen molar-refractivity contribution in [2.75, 3.05) is 5.32 Å². The molecule has 0 bridgehead atoms. The number of anilines is 1. The standard InChI is InChI=1S/C21H22N2O3/c1-13-12-18(13)19-10-8-17(26-19)9-11-20(24)22-15-4-2-14(3-5-15)21(25)23-16-6-7-16/h2-5,8-11,13,16,18H,6-7,12H2,1H3,(H,22,24)(H,23,25)/b11-9+. The van der Waals surface area contributed by atoms with Crippen LogP contribution < -0.4 is 10.6 Å². The van der Waals surface area contributed by atoms with Gasteiger partial charge in [-0.05, 0) is 67.7 Å². The van der Waals surface area contributed by atoms with Gasteiger partial charge in [-0.15, -0.1) is 0 Å². The van der Waals surface area contributed by atoms with Crippen molar-refractivity contribution in [2.24, 2.45) is 5.92 Å². The van der Waals surface area contributed by atoms with Crippen molar-refractivity contribution in [3.8, 4) is 0 Å². The molecule has 2 unspecified atom stereocenters. The number of benzene rings is 1. The maximum Gasteiger partial charge on any atom is 0.251 e. The molecule has 0 aliphatic heterocycles. The van der Waals surface area contributed by atoms with Gasteiger partial charge in [-0.3, -0.25) is 9.59 Å². The second-order valence-corrected chi connectivity index (χ2v) is 7.21. The van der Waals surface area contributed by atoms with E-state index in [1.807, 2.05) is 12.1 Å². The third-order valence-corrected chi connectivity index (χ3v) is 4.85. The highest BCUT2D eigenvalue weighted by Gasteiger charge is 2.36. The molecule has 1 aromatic carbocycles. The van der Waals surface area contributed by atoms with Crippen LogP contribution in [0.15, 0.2) is 46.9 Å². The maximum atomic E-state index is 12.0. The Balaban J connectivity index is 1.31. The summed E-state index contributed by atoms with van der Waals surface area (Å²) < 4.78 is 5.75. The van der Waals surface area contributed by atoms with Gasteiger partial charge in [0, 0.05) is 29.3 Å². The van der Waals surface area contributed by atoms with Crippen LogP contribution in [0.4, 0.5) is 5.69 Å². The first-order valence-electron chi connectivity index (χ1n) is 9.08. The van der Waals surface area contributed by atoms with Crippen LogP contribution in [0.5, 0.6) is 0 Å². The molecule has 2 N–H and O–H groups in total. The lowest BCUT2D eigenvalue weighted by Crippen LogP contribution is -2.25. The van der Waals surface area contributed by atoms with E-state index in [0.29, 0.717) is 34.9 Å². The summed E-state index contributed by atoms with van der Waals surface area (Å²) in [5, 5.41) is 5.72. The summed E-state index contributed by atoms with van der Waals surface area (Å²) in [6, 6.07) is 11.1. The molecule has 0 radical (unpaired) electrons. The first-order chi connectivity index (χ1) is 12.6. The van der Waals surface area contributed by atoms with E-state index in [-0.39, 0.29) is 11.8 Å².